The van der Waals surface area contributed by atoms with Gasteiger partial charge in [-0.25, -0.2) is 17.8 Å². The highest BCUT2D eigenvalue weighted by Crippen LogP contribution is 2.30. The Hall–Kier alpha value is -2.36. The van der Waals surface area contributed by atoms with Gasteiger partial charge in [0, 0.05) is 19.5 Å². The zero-order valence-corrected chi connectivity index (χ0v) is 19.3. The van der Waals surface area contributed by atoms with Gasteiger partial charge >= 0.3 is 0 Å². The van der Waals surface area contributed by atoms with E-state index < -0.39 is 15.7 Å². The standard InChI is InChI=1S/C22H26FN3O3S2/c1-3-25(4-2)14-15-26(22-24-21-18(23)11-8-12-19(21)30-22)20(27)13-16-31(28,29)17-9-6-5-7-10-17/h5-12H,3-4,13-16H2,1-2H3. The van der Waals surface area contributed by atoms with E-state index in [1.807, 2.05) is 13.8 Å². The number of carbonyl (C=O) groups excluding carboxylic acids is 1. The van der Waals surface area contributed by atoms with Gasteiger partial charge in [-0.3, -0.25) is 9.69 Å². The molecule has 0 saturated carbocycles. The number of hydrogen-bond acceptors (Lipinski definition) is 6. The van der Waals surface area contributed by atoms with E-state index in [2.05, 4.69) is 9.88 Å². The number of rotatable bonds is 10. The van der Waals surface area contributed by atoms with Gasteiger partial charge < -0.3 is 4.90 Å². The van der Waals surface area contributed by atoms with Crippen molar-refractivity contribution >= 4 is 42.4 Å². The van der Waals surface area contributed by atoms with Crippen molar-refractivity contribution in [3.05, 3.63) is 54.3 Å². The number of carbonyl (C=O) groups is 1. The first-order chi connectivity index (χ1) is 14.9. The molecule has 0 aliphatic carbocycles. The lowest BCUT2D eigenvalue weighted by Crippen LogP contribution is -2.39. The molecule has 1 aromatic heterocycles. The Bertz CT molecular complexity index is 1130. The first kappa shape index (κ1) is 23.3. The summed E-state index contributed by atoms with van der Waals surface area (Å²) in [7, 11) is -3.58. The van der Waals surface area contributed by atoms with Crippen molar-refractivity contribution in [1.29, 1.82) is 0 Å². The van der Waals surface area contributed by atoms with Crippen LogP contribution in [0.2, 0.25) is 0 Å². The lowest BCUT2D eigenvalue weighted by molar-refractivity contribution is -0.118. The van der Waals surface area contributed by atoms with E-state index in [1.165, 1.54) is 34.4 Å². The summed E-state index contributed by atoms with van der Waals surface area (Å²) in [4.78, 5) is 21.3. The number of likely N-dealkylation sites (N-methyl/N-ethyl adjacent to an activating group) is 1. The summed E-state index contributed by atoms with van der Waals surface area (Å²) < 4.78 is 40.0. The van der Waals surface area contributed by atoms with Gasteiger partial charge in [0.1, 0.15) is 11.3 Å². The molecule has 0 atom stereocenters. The van der Waals surface area contributed by atoms with E-state index >= 15 is 0 Å². The Labute approximate surface area is 186 Å². The molecule has 0 aliphatic rings. The molecule has 166 valence electrons. The average Bonchev–Trinajstić information content (AvgIpc) is 3.21. The molecule has 0 N–H and O–H groups in total. The van der Waals surface area contributed by atoms with Crippen LogP contribution in [-0.2, 0) is 14.6 Å². The first-order valence-corrected chi connectivity index (χ1v) is 12.7. The fraction of sp³-hybridized carbons (Fsp3) is 0.364. The second kappa shape index (κ2) is 10.3. The molecule has 0 spiro atoms. The molecule has 0 fully saturated rings. The van der Waals surface area contributed by atoms with Gasteiger partial charge in [-0.2, -0.15) is 0 Å². The first-order valence-electron chi connectivity index (χ1n) is 10.2. The van der Waals surface area contributed by atoms with E-state index in [-0.39, 0.29) is 28.5 Å². The number of hydrogen-bond donors (Lipinski definition) is 0. The van der Waals surface area contributed by atoms with Crippen LogP contribution in [0.3, 0.4) is 0 Å². The SMILES string of the molecule is CCN(CC)CCN(C(=O)CCS(=O)(=O)c1ccccc1)c1nc2c(F)cccc2s1. The van der Waals surface area contributed by atoms with Crippen LogP contribution < -0.4 is 4.90 Å². The molecule has 31 heavy (non-hydrogen) atoms. The zero-order chi connectivity index (χ0) is 22.4. The van der Waals surface area contributed by atoms with Crippen LogP contribution in [0.25, 0.3) is 10.2 Å². The quantitative estimate of drug-likeness (QED) is 0.455. The van der Waals surface area contributed by atoms with Crippen molar-refractivity contribution in [3.8, 4) is 0 Å². The summed E-state index contributed by atoms with van der Waals surface area (Å²) in [6.07, 6.45) is -0.173. The number of para-hydroxylation sites is 1. The molecule has 1 heterocycles. The summed E-state index contributed by atoms with van der Waals surface area (Å²) in [5.74, 6) is -1.08. The molecule has 1 amide bonds. The molecule has 0 aliphatic heterocycles. The number of benzene rings is 2. The molecular formula is C22H26FN3O3S2. The molecule has 0 bridgehead atoms. The van der Waals surface area contributed by atoms with Crippen LogP contribution in [0, 0.1) is 5.82 Å². The predicted molar refractivity (Wildman–Crippen MR) is 123 cm³/mol. The third-order valence-corrected chi connectivity index (χ3v) is 7.89. The van der Waals surface area contributed by atoms with E-state index in [1.54, 1.807) is 30.3 Å². The van der Waals surface area contributed by atoms with Crippen molar-refractivity contribution in [2.75, 3.05) is 36.8 Å². The normalized spacial score (nSPS) is 11.9. The molecule has 3 rings (SSSR count). The topological polar surface area (TPSA) is 70.6 Å². The maximum Gasteiger partial charge on any atom is 0.229 e. The van der Waals surface area contributed by atoms with Crippen molar-refractivity contribution < 1.29 is 17.6 Å². The van der Waals surface area contributed by atoms with Gasteiger partial charge in [0.2, 0.25) is 5.91 Å². The minimum atomic E-state index is -3.58. The second-order valence-electron chi connectivity index (χ2n) is 7.04. The number of nitrogens with zero attached hydrogens (tertiary/aromatic N) is 3. The van der Waals surface area contributed by atoms with E-state index in [0.717, 1.165) is 13.1 Å². The molecule has 0 unspecified atom stereocenters. The smallest absolute Gasteiger partial charge is 0.229 e. The van der Waals surface area contributed by atoms with Crippen LogP contribution >= 0.6 is 11.3 Å². The highest BCUT2D eigenvalue weighted by atomic mass is 32.2. The van der Waals surface area contributed by atoms with Gasteiger partial charge in [-0.05, 0) is 37.4 Å². The van der Waals surface area contributed by atoms with E-state index in [4.69, 9.17) is 0 Å². The molecule has 2 aromatic carbocycles. The number of anilines is 1. The Morgan fingerprint density at radius 2 is 1.74 bits per heavy atom. The van der Waals surface area contributed by atoms with Crippen LogP contribution in [-0.4, -0.2) is 56.1 Å². The maximum absolute atomic E-state index is 14.1. The Morgan fingerprint density at radius 1 is 1.03 bits per heavy atom. The zero-order valence-electron chi connectivity index (χ0n) is 17.6. The molecule has 3 aromatic rings. The van der Waals surface area contributed by atoms with Crippen molar-refractivity contribution in [2.45, 2.75) is 25.2 Å². The minimum absolute atomic E-state index is 0.173. The number of fused-ring (bicyclic) bond motifs is 1. The number of sulfone groups is 1. The monoisotopic (exact) mass is 463 g/mol. The summed E-state index contributed by atoms with van der Waals surface area (Å²) in [6, 6.07) is 12.8. The Balaban J connectivity index is 1.82. The number of halogens is 1. The summed E-state index contributed by atoms with van der Waals surface area (Å²) >= 11 is 1.23. The average molecular weight is 464 g/mol. The van der Waals surface area contributed by atoms with Crippen LogP contribution in [0.5, 0.6) is 0 Å². The van der Waals surface area contributed by atoms with E-state index in [9.17, 15) is 17.6 Å². The minimum Gasteiger partial charge on any atom is -0.302 e. The molecule has 0 radical (unpaired) electrons. The molecule has 6 nitrogen and oxygen atoms in total. The molecule has 0 saturated heterocycles. The highest BCUT2D eigenvalue weighted by molar-refractivity contribution is 7.91. The van der Waals surface area contributed by atoms with Gasteiger partial charge in [0.15, 0.2) is 15.0 Å². The fourth-order valence-electron chi connectivity index (χ4n) is 3.23. The second-order valence-corrected chi connectivity index (χ2v) is 10.2. The number of aromatic nitrogens is 1. The predicted octanol–water partition coefficient (Wildman–Crippen LogP) is 3.97. The van der Waals surface area contributed by atoms with Crippen LogP contribution in [0.15, 0.2) is 53.4 Å². The summed E-state index contributed by atoms with van der Waals surface area (Å²) in [5.41, 5.74) is 0.222. The third kappa shape index (κ3) is 5.66. The number of thiazole rings is 1. The van der Waals surface area contributed by atoms with Gasteiger partial charge in [-0.1, -0.05) is 49.4 Å². The van der Waals surface area contributed by atoms with Gasteiger partial charge in [-0.15, -0.1) is 0 Å². The van der Waals surface area contributed by atoms with Gasteiger partial charge in [0.05, 0.1) is 15.3 Å². The fourth-order valence-corrected chi connectivity index (χ4v) is 5.50. The molecular weight excluding hydrogens is 437 g/mol. The van der Waals surface area contributed by atoms with Crippen LogP contribution in [0.1, 0.15) is 20.3 Å². The Morgan fingerprint density at radius 3 is 2.39 bits per heavy atom. The van der Waals surface area contributed by atoms with Crippen molar-refractivity contribution in [3.63, 3.8) is 0 Å². The van der Waals surface area contributed by atoms with Gasteiger partial charge in [0.25, 0.3) is 0 Å². The number of amides is 1. The lowest BCUT2D eigenvalue weighted by Gasteiger charge is -2.24. The third-order valence-electron chi connectivity index (χ3n) is 5.11. The molecule has 9 heteroatoms. The summed E-state index contributed by atoms with van der Waals surface area (Å²) in [6.45, 7) is 6.70. The van der Waals surface area contributed by atoms with Crippen molar-refractivity contribution in [2.24, 2.45) is 0 Å². The van der Waals surface area contributed by atoms with E-state index in [0.29, 0.717) is 22.9 Å². The summed E-state index contributed by atoms with van der Waals surface area (Å²) in [5, 5.41) is 0.384. The van der Waals surface area contributed by atoms with Crippen molar-refractivity contribution in [1.82, 2.24) is 9.88 Å². The highest BCUT2D eigenvalue weighted by Gasteiger charge is 2.24. The largest absolute Gasteiger partial charge is 0.302 e. The lowest BCUT2D eigenvalue weighted by atomic mass is 10.3. The Kier molecular flexibility index (Phi) is 7.74. The van der Waals surface area contributed by atoms with Crippen LogP contribution in [0.4, 0.5) is 9.52 Å². The maximum atomic E-state index is 14.1.